The van der Waals surface area contributed by atoms with Gasteiger partial charge in [-0.2, -0.15) is 0 Å². The molecule has 0 atom stereocenters. The largest absolute Gasteiger partial charge is 0.310 e. The first-order valence-electron chi connectivity index (χ1n) is 7.37. The standard InChI is InChI=1S/C15H27NO/c16-14-10-7-5-3-1-2-4-6-8-12-15(17)13-9-11-14/h16H,1-13H2. The topological polar surface area (TPSA) is 40.9 Å². The number of nitrogens with one attached hydrogen (secondary N) is 1. The van der Waals surface area contributed by atoms with Gasteiger partial charge in [-0.3, -0.25) is 4.79 Å². The predicted octanol–water partition coefficient (Wildman–Crippen LogP) is 4.66. The van der Waals surface area contributed by atoms with Gasteiger partial charge in [0.25, 0.3) is 0 Å². The highest BCUT2D eigenvalue weighted by atomic mass is 16.1. The van der Waals surface area contributed by atoms with Gasteiger partial charge in [0.15, 0.2) is 0 Å². The second-order valence-electron chi connectivity index (χ2n) is 5.32. The zero-order chi connectivity index (χ0) is 12.3. The molecule has 1 N–H and O–H groups in total. The first kappa shape index (κ1) is 14.4. The van der Waals surface area contributed by atoms with Crippen molar-refractivity contribution >= 4 is 11.5 Å². The highest BCUT2D eigenvalue weighted by Crippen LogP contribution is 2.14. The molecule has 0 saturated heterocycles. The van der Waals surface area contributed by atoms with E-state index in [1.165, 1.54) is 44.9 Å². The van der Waals surface area contributed by atoms with Gasteiger partial charge in [0, 0.05) is 18.6 Å². The number of rotatable bonds is 0. The minimum atomic E-state index is 0.410. The molecule has 0 amide bonds. The molecule has 1 rings (SSSR count). The number of hydrogen-bond acceptors (Lipinski definition) is 2. The van der Waals surface area contributed by atoms with Crippen LogP contribution in [-0.4, -0.2) is 11.5 Å². The number of ketones is 1. The third-order valence-corrected chi connectivity index (χ3v) is 3.62. The van der Waals surface area contributed by atoms with Crippen LogP contribution >= 0.6 is 0 Å². The van der Waals surface area contributed by atoms with Crippen molar-refractivity contribution in [1.82, 2.24) is 0 Å². The van der Waals surface area contributed by atoms with E-state index in [1.807, 2.05) is 0 Å². The Hall–Kier alpha value is -0.660. The fourth-order valence-corrected chi connectivity index (χ4v) is 2.47. The average molecular weight is 237 g/mol. The second-order valence-corrected chi connectivity index (χ2v) is 5.32. The summed E-state index contributed by atoms with van der Waals surface area (Å²) in [6.07, 6.45) is 14.2. The van der Waals surface area contributed by atoms with E-state index in [0.717, 1.165) is 37.8 Å². The fraction of sp³-hybridized carbons (Fsp3) is 0.867. The van der Waals surface area contributed by atoms with E-state index in [0.29, 0.717) is 12.2 Å². The molecule has 2 nitrogen and oxygen atoms in total. The summed E-state index contributed by atoms with van der Waals surface area (Å²) >= 11 is 0. The van der Waals surface area contributed by atoms with E-state index in [-0.39, 0.29) is 0 Å². The molecular weight excluding hydrogens is 210 g/mol. The lowest BCUT2D eigenvalue weighted by Gasteiger charge is -2.03. The van der Waals surface area contributed by atoms with Crippen molar-refractivity contribution in [2.45, 2.75) is 83.5 Å². The molecule has 0 aromatic heterocycles. The lowest BCUT2D eigenvalue weighted by molar-refractivity contribution is -0.119. The van der Waals surface area contributed by atoms with E-state index in [4.69, 9.17) is 5.41 Å². The van der Waals surface area contributed by atoms with Crippen LogP contribution in [0, 0.1) is 5.41 Å². The van der Waals surface area contributed by atoms with Gasteiger partial charge >= 0.3 is 0 Å². The van der Waals surface area contributed by atoms with Gasteiger partial charge < -0.3 is 5.41 Å². The highest BCUT2D eigenvalue weighted by Gasteiger charge is 2.04. The maximum atomic E-state index is 11.6. The molecule has 1 saturated carbocycles. The van der Waals surface area contributed by atoms with Crippen molar-refractivity contribution in [1.29, 1.82) is 5.41 Å². The molecule has 1 fully saturated rings. The van der Waals surface area contributed by atoms with Gasteiger partial charge in [-0.25, -0.2) is 0 Å². The number of carbonyl (C=O) groups excluding carboxylic acids is 1. The van der Waals surface area contributed by atoms with Gasteiger partial charge in [-0.15, -0.1) is 0 Å². The highest BCUT2D eigenvalue weighted by molar-refractivity contribution is 5.82. The average Bonchev–Trinajstić information content (AvgIpc) is 2.31. The first-order chi connectivity index (χ1) is 8.29. The van der Waals surface area contributed by atoms with Crippen LogP contribution in [0.25, 0.3) is 0 Å². The molecule has 17 heavy (non-hydrogen) atoms. The van der Waals surface area contributed by atoms with Crippen molar-refractivity contribution in [3.63, 3.8) is 0 Å². The summed E-state index contributed by atoms with van der Waals surface area (Å²) in [7, 11) is 0. The van der Waals surface area contributed by atoms with E-state index >= 15 is 0 Å². The third-order valence-electron chi connectivity index (χ3n) is 3.62. The van der Waals surface area contributed by atoms with Crippen LogP contribution in [-0.2, 0) is 4.79 Å². The van der Waals surface area contributed by atoms with Crippen LogP contribution in [0.4, 0.5) is 0 Å². The smallest absolute Gasteiger partial charge is 0.132 e. The quantitative estimate of drug-likeness (QED) is 0.654. The van der Waals surface area contributed by atoms with Crippen molar-refractivity contribution in [3.8, 4) is 0 Å². The van der Waals surface area contributed by atoms with E-state index in [9.17, 15) is 4.79 Å². The van der Waals surface area contributed by atoms with Crippen molar-refractivity contribution < 1.29 is 4.79 Å². The minimum absolute atomic E-state index is 0.410. The Morgan fingerprint density at radius 2 is 1.00 bits per heavy atom. The fourth-order valence-electron chi connectivity index (χ4n) is 2.47. The summed E-state index contributed by atoms with van der Waals surface area (Å²) < 4.78 is 0. The molecule has 2 heteroatoms. The number of hydrogen-bond donors (Lipinski definition) is 1. The zero-order valence-electron chi connectivity index (χ0n) is 11.1. The molecule has 0 heterocycles. The molecule has 98 valence electrons. The minimum Gasteiger partial charge on any atom is -0.310 e. The Morgan fingerprint density at radius 3 is 1.65 bits per heavy atom. The van der Waals surface area contributed by atoms with Crippen LogP contribution in [0.1, 0.15) is 83.5 Å². The maximum Gasteiger partial charge on any atom is 0.132 e. The summed E-state index contributed by atoms with van der Waals surface area (Å²) in [6.45, 7) is 0. The van der Waals surface area contributed by atoms with Crippen LogP contribution in [0.5, 0.6) is 0 Å². The maximum absolute atomic E-state index is 11.6. The van der Waals surface area contributed by atoms with E-state index in [2.05, 4.69) is 0 Å². The van der Waals surface area contributed by atoms with Gasteiger partial charge in [-0.05, 0) is 32.1 Å². The SMILES string of the molecule is N=C1CCCCCCCCCCC(=O)CCC1. The second kappa shape index (κ2) is 9.38. The van der Waals surface area contributed by atoms with Gasteiger partial charge in [0.2, 0.25) is 0 Å². The third kappa shape index (κ3) is 8.12. The number of Topliss-reactive ketones (excluding diaryl/α,β-unsaturated/α-hetero) is 1. The first-order valence-corrected chi connectivity index (χ1v) is 7.37. The molecule has 0 bridgehead atoms. The zero-order valence-corrected chi connectivity index (χ0v) is 11.1. The van der Waals surface area contributed by atoms with Crippen LogP contribution in [0.15, 0.2) is 0 Å². The van der Waals surface area contributed by atoms with Crippen molar-refractivity contribution in [3.05, 3.63) is 0 Å². The molecule has 0 unspecified atom stereocenters. The summed E-state index contributed by atoms with van der Waals surface area (Å²) in [4.78, 5) is 11.6. The molecular formula is C15H27NO. The molecule has 0 aromatic carbocycles. The summed E-state index contributed by atoms with van der Waals surface area (Å²) in [5.41, 5.74) is 0.854. The molecule has 0 spiro atoms. The Bertz CT molecular complexity index is 211. The molecule has 1 aliphatic rings. The summed E-state index contributed by atoms with van der Waals surface area (Å²) in [5.74, 6) is 0.410. The summed E-state index contributed by atoms with van der Waals surface area (Å²) in [6, 6.07) is 0. The lowest BCUT2D eigenvalue weighted by atomic mass is 10.0. The normalized spacial score (nSPS) is 22.8. The molecule has 1 aliphatic carbocycles. The lowest BCUT2D eigenvalue weighted by Crippen LogP contribution is -2.01. The van der Waals surface area contributed by atoms with Gasteiger partial charge in [-0.1, -0.05) is 38.5 Å². The van der Waals surface area contributed by atoms with Crippen LogP contribution in [0.2, 0.25) is 0 Å². The Kier molecular flexibility index (Phi) is 7.94. The Balaban J connectivity index is 2.24. The van der Waals surface area contributed by atoms with Crippen molar-refractivity contribution in [2.24, 2.45) is 0 Å². The molecule has 0 radical (unpaired) electrons. The van der Waals surface area contributed by atoms with Gasteiger partial charge in [0.1, 0.15) is 5.78 Å². The summed E-state index contributed by atoms with van der Waals surface area (Å²) in [5, 5.41) is 7.82. The molecule has 0 aliphatic heterocycles. The van der Waals surface area contributed by atoms with E-state index < -0.39 is 0 Å². The number of carbonyl (C=O) groups is 1. The molecule has 0 aromatic rings. The van der Waals surface area contributed by atoms with Gasteiger partial charge in [0.05, 0.1) is 0 Å². The Labute approximate surface area is 106 Å². The monoisotopic (exact) mass is 237 g/mol. The van der Waals surface area contributed by atoms with E-state index in [1.54, 1.807) is 0 Å². The predicted molar refractivity (Wildman–Crippen MR) is 72.8 cm³/mol. The van der Waals surface area contributed by atoms with Crippen LogP contribution in [0.3, 0.4) is 0 Å². The Morgan fingerprint density at radius 1 is 0.588 bits per heavy atom. The van der Waals surface area contributed by atoms with Crippen molar-refractivity contribution in [2.75, 3.05) is 0 Å². The van der Waals surface area contributed by atoms with Crippen LogP contribution < -0.4 is 0 Å².